The van der Waals surface area contributed by atoms with Crippen molar-refractivity contribution in [2.75, 3.05) is 0 Å². The first-order chi connectivity index (χ1) is 30.2. The van der Waals surface area contributed by atoms with Gasteiger partial charge in [0, 0.05) is 38.8 Å². The summed E-state index contributed by atoms with van der Waals surface area (Å²) in [5, 5.41) is 7.38. The van der Waals surface area contributed by atoms with E-state index in [4.69, 9.17) is 20.1 Å². The highest BCUT2D eigenvalue weighted by Crippen LogP contribution is 2.43. The Morgan fingerprint density at radius 2 is 0.672 bits per heavy atom. The smallest absolute Gasteiger partial charge is 0.164 e. The van der Waals surface area contributed by atoms with Crippen molar-refractivity contribution in [3.05, 3.63) is 225 Å². The zero-order valence-electron chi connectivity index (χ0n) is 33.1. The van der Waals surface area contributed by atoms with E-state index in [-0.39, 0.29) is 0 Å². The molecule has 0 amide bonds. The highest BCUT2D eigenvalue weighted by Gasteiger charge is 2.22. The maximum atomic E-state index is 5.24. The van der Waals surface area contributed by atoms with Crippen molar-refractivity contribution >= 4 is 16.3 Å². The topological polar surface area (TPSA) is 56.0 Å². The van der Waals surface area contributed by atoms with E-state index in [1.165, 1.54) is 0 Å². The van der Waals surface area contributed by atoms with Crippen molar-refractivity contribution in [2.24, 2.45) is 0 Å². The van der Waals surface area contributed by atoms with Gasteiger partial charge in [-0.3, -0.25) is 0 Å². The first-order valence-corrected chi connectivity index (χ1v) is 20.5. The lowest BCUT2D eigenvalue weighted by molar-refractivity contribution is 0.976. The summed E-state index contributed by atoms with van der Waals surface area (Å²) in [6, 6.07) is 76.0. The molecule has 0 spiro atoms. The maximum Gasteiger partial charge on any atom is 0.164 e. The van der Waals surface area contributed by atoms with Gasteiger partial charge in [-0.15, -0.1) is 0 Å². The molecule has 5 nitrogen and oxygen atoms in total. The van der Waals surface area contributed by atoms with E-state index in [1.54, 1.807) is 0 Å². The number of nitrogens with zero attached hydrogens (tertiary/aromatic N) is 5. The molecular formula is C56H37N5. The predicted octanol–water partition coefficient (Wildman–Crippen LogP) is 14.0. The number of rotatable bonds is 8. The molecule has 11 rings (SSSR count). The van der Waals surface area contributed by atoms with Gasteiger partial charge in [0.15, 0.2) is 17.5 Å². The van der Waals surface area contributed by atoms with Crippen molar-refractivity contribution in [3.8, 4) is 89.9 Å². The molecule has 0 saturated heterocycles. The van der Waals surface area contributed by atoms with Gasteiger partial charge in [0.1, 0.15) is 0 Å². The number of fused-ring (bicyclic) bond motifs is 3. The van der Waals surface area contributed by atoms with Crippen LogP contribution in [0.25, 0.3) is 106 Å². The first-order valence-electron chi connectivity index (χ1n) is 20.5. The van der Waals surface area contributed by atoms with Crippen LogP contribution < -0.4 is 0 Å². The van der Waals surface area contributed by atoms with E-state index in [0.29, 0.717) is 17.5 Å². The third kappa shape index (κ3) is 6.74. The molecule has 0 unspecified atom stereocenters. The van der Waals surface area contributed by atoms with E-state index >= 15 is 0 Å². The quantitative estimate of drug-likeness (QED) is 0.154. The second-order valence-electron chi connectivity index (χ2n) is 15.1. The Morgan fingerprint density at radius 1 is 0.295 bits per heavy atom. The van der Waals surface area contributed by atoms with Gasteiger partial charge < -0.3 is 0 Å². The summed E-state index contributed by atoms with van der Waals surface area (Å²) < 4.78 is 2.13. The highest BCUT2D eigenvalue weighted by atomic mass is 15.2. The van der Waals surface area contributed by atoms with Gasteiger partial charge >= 0.3 is 0 Å². The van der Waals surface area contributed by atoms with Gasteiger partial charge in [-0.25, -0.2) is 19.5 Å². The molecule has 0 saturated carbocycles. The van der Waals surface area contributed by atoms with E-state index in [9.17, 15) is 0 Å². The van der Waals surface area contributed by atoms with Crippen molar-refractivity contribution in [1.29, 1.82) is 0 Å². The lowest BCUT2D eigenvalue weighted by Gasteiger charge is -2.18. The Balaban J connectivity index is 1.13. The van der Waals surface area contributed by atoms with Crippen LogP contribution in [0.4, 0.5) is 0 Å². The molecule has 0 radical (unpaired) electrons. The first kappa shape index (κ1) is 35.8. The molecule has 3 aromatic heterocycles. The highest BCUT2D eigenvalue weighted by molar-refractivity contribution is 6.13. The van der Waals surface area contributed by atoms with Gasteiger partial charge in [-0.05, 0) is 57.0 Å². The maximum absolute atomic E-state index is 5.24. The Kier molecular flexibility index (Phi) is 9.10. The normalized spacial score (nSPS) is 11.3. The molecule has 61 heavy (non-hydrogen) atoms. The molecule has 0 fully saturated rings. The summed E-state index contributed by atoms with van der Waals surface area (Å²) in [5.41, 5.74) is 14.7. The molecular weight excluding hydrogens is 743 g/mol. The molecule has 286 valence electrons. The van der Waals surface area contributed by atoms with Crippen LogP contribution in [0.15, 0.2) is 225 Å². The van der Waals surface area contributed by atoms with Crippen molar-refractivity contribution < 1.29 is 0 Å². The average Bonchev–Trinajstić information content (AvgIpc) is 3.80. The SMILES string of the molecule is c1ccc(-c2cccc(-c3nc(-c4cccc(-c5ccccc5)c4)nc(-c4cccc(-c5c(-c6ccccc6)n6ncc(-c7ccccc7)c6c6ccccc56)c4)n3)c2)cc1. The zero-order chi connectivity index (χ0) is 40.5. The Labute approximate surface area is 354 Å². The fourth-order valence-electron chi connectivity index (χ4n) is 8.42. The Hall–Kier alpha value is -8.28. The third-order valence-electron chi connectivity index (χ3n) is 11.3. The number of benzene rings is 8. The number of hydrogen-bond acceptors (Lipinski definition) is 4. The summed E-state index contributed by atoms with van der Waals surface area (Å²) >= 11 is 0. The molecule has 0 atom stereocenters. The molecule has 8 aromatic carbocycles. The summed E-state index contributed by atoms with van der Waals surface area (Å²) in [6.07, 6.45) is 2.00. The van der Waals surface area contributed by atoms with Crippen LogP contribution in [-0.2, 0) is 0 Å². The zero-order valence-corrected chi connectivity index (χ0v) is 33.1. The van der Waals surface area contributed by atoms with Gasteiger partial charge in [0.25, 0.3) is 0 Å². The van der Waals surface area contributed by atoms with Gasteiger partial charge in [-0.2, -0.15) is 5.10 Å². The largest absolute Gasteiger partial charge is 0.231 e. The average molecular weight is 780 g/mol. The van der Waals surface area contributed by atoms with Crippen LogP contribution in [-0.4, -0.2) is 24.6 Å². The Morgan fingerprint density at radius 3 is 1.18 bits per heavy atom. The van der Waals surface area contributed by atoms with Crippen LogP contribution in [0.3, 0.4) is 0 Å². The van der Waals surface area contributed by atoms with Gasteiger partial charge in [0.2, 0.25) is 0 Å². The fourth-order valence-corrected chi connectivity index (χ4v) is 8.42. The van der Waals surface area contributed by atoms with Crippen LogP contribution in [0.5, 0.6) is 0 Å². The molecule has 0 N–H and O–H groups in total. The monoisotopic (exact) mass is 779 g/mol. The van der Waals surface area contributed by atoms with E-state index in [0.717, 1.165) is 88.7 Å². The molecule has 0 aliphatic heterocycles. The molecule has 5 heteroatoms. The molecule has 3 heterocycles. The van der Waals surface area contributed by atoms with Crippen molar-refractivity contribution in [1.82, 2.24) is 24.6 Å². The lowest BCUT2D eigenvalue weighted by Crippen LogP contribution is -2.02. The second kappa shape index (κ2) is 15.5. The molecule has 0 aliphatic carbocycles. The van der Waals surface area contributed by atoms with Crippen LogP contribution in [0, 0.1) is 0 Å². The fraction of sp³-hybridized carbons (Fsp3) is 0. The number of hydrogen-bond donors (Lipinski definition) is 0. The second-order valence-corrected chi connectivity index (χ2v) is 15.1. The van der Waals surface area contributed by atoms with Gasteiger partial charge in [0.05, 0.1) is 17.4 Å². The van der Waals surface area contributed by atoms with Crippen LogP contribution >= 0.6 is 0 Å². The van der Waals surface area contributed by atoms with E-state index in [2.05, 4.69) is 211 Å². The number of aromatic nitrogens is 5. The predicted molar refractivity (Wildman–Crippen MR) is 250 cm³/mol. The summed E-state index contributed by atoms with van der Waals surface area (Å²) in [6.45, 7) is 0. The van der Waals surface area contributed by atoms with E-state index < -0.39 is 0 Å². The molecule has 0 aliphatic rings. The Bertz CT molecular complexity index is 3240. The lowest BCUT2D eigenvalue weighted by atomic mass is 9.91. The third-order valence-corrected chi connectivity index (χ3v) is 11.3. The molecule has 11 aromatic rings. The molecule has 0 bridgehead atoms. The summed E-state index contributed by atoms with van der Waals surface area (Å²) in [7, 11) is 0. The van der Waals surface area contributed by atoms with Crippen LogP contribution in [0.2, 0.25) is 0 Å². The number of pyridine rings is 1. The minimum atomic E-state index is 0.592. The standard InChI is InChI=1S/C56H37N5/c1-5-18-38(19-6-1)42-26-15-29-45(34-42)54-58-55(46-30-16-27-43(35-46)39-20-7-2-8-21-39)60-56(59-54)47-31-17-28-44(36-47)51-48-32-13-14-33-49(48)53-50(40-22-9-3-10-23-40)37-57-61(53)52(51)41-24-11-4-12-25-41/h1-37H. The minimum absolute atomic E-state index is 0.592. The van der Waals surface area contributed by atoms with Gasteiger partial charge in [-0.1, -0.05) is 200 Å². The van der Waals surface area contributed by atoms with Crippen molar-refractivity contribution in [3.63, 3.8) is 0 Å². The van der Waals surface area contributed by atoms with Crippen molar-refractivity contribution in [2.45, 2.75) is 0 Å². The summed E-state index contributed by atoms with van der Waals surface area (Å²) in [5.74, 6) is 1.81. The minimum Gasteiger partial charge on any atom is -0.231 e. The summed E-state index contributed by atoms with van der Waals surface area (Å²) in [4.78, 5) is 15.7. The van der Waals surface area contributed by atoms with E-state index in [1.807, 2.05) is 18.3 Å². The van der Waals surface area contributed by atoms with Crippen LogP contribution in [0.1, 0.15) is 0 Å².